The molecule has 0 radical (unpaired) electrons. The van der Waals surface area contributed by atoms with Gasteiger partial charge in [-0.2, -0.15) is 0 Å². The molecule has 1 N–H and O–H groups in total. The molecule has 1 aromatic carbocycles. The van der Waals surface area contributed by atoms with E-state index in [2.05, 4.69) is 34.3 Å². The molecule has 1 aliphatic heterocycles. The fourth-order valence-electron chi connectivity index (χ4n) is 3.31. The van der Waals surface area contributed by atoms with Gasteiger partial charge in [0.15, 0.2) is 5.96 Å². The monoisotopic (exact) mass is 363 g/mol. The predicted molar refractivity (Wildman–Crippen MR) is 105 cm³/mol. The SMILES string of the molecule is CN=C(NCC(C)c1ccccc1OC)N1CCC(COCCOC)C1. The van der Waals surface area contributed by atoms with Crippen molar-refractivity contribution in [3.05, 3.63) is 29.8 Å². The summed E-state index contributed by atoms with van der Waals surface area (Å²) in [6.07, 6.45) is 1.13. The van der Waals surface area contributed by atoms with Gasteiger partial charge in [-0.1, -0.05) is 25.1 Å². The van der Waals surface area contributed by atoms with E-state index < -0.39 is 0 Å². The van der Waals surface area contributed by atoms with E-state index in [9.17, 15) is 0 Å². The number of hydrogen-bond donors (Lipinski definition) is 1. The van der Waals surface area contributed by atoms with Crippen LogP contribution >= 0.6 is 0 Å². The lowest BCUT2D eigenvalue weighted by Gasteiger charge is -2.24. The van der Waals surface area contributed by atoms with E-state index in [0.717, 1.165) is 44.4 Å². The summed E-state index contributed by atoms with van der Waals surface area (Å²) in [5.74, 6) is 2.79. The van der Waals surface area contributed by atoms with Crippen LogP contribution in [-0.4, -0.2) is 71.6 Å². The van der Waals surface area contributed by atoms with E-state index in [0.29, 0.717) is 25.0 Å². The van der Waals surface area contributed by atoms with E-state index >= 15 is 0 Å². The second-order valence-electron chi connectivity index (χ2n) is 6.74. The molecule has 0 aromatic heterocycles. The first-order valence-electron chi connectivity index (χ1n) is 9.34. The lowest BCUT2D eigenvalue weighted by Crippen LogP contribution is -2.41. The Balaban J connectivity index is 1.81. The molecule has 146 valence electrons. The lowest BCUT2D eigenvalue weighted by molar-refractivity contribution is 0.0536. The van der Waals surface area contributed by atoms with Gasteiger partial charge in [-0.05, 0) is 18.1 Å². The number of ether oxygens (including phenoxy) is 3. The van der Waals surface area contributed by atoms with Gasteiger partial charge in [0.25, 0.3) is 0 Å². The Kier molecular flexibility index (Phi) is 8.71. The minimum Gasteiger partial charge on any atom is -0.496 e. The molecule has 6 heteroatoms. The normalized spacial score (nSPS) is 18.8. The zero-order valence-corrected chi connectivity index (χ0v) is 16.5. The van der Waals surface area contributed by atoms with Crippen molar-refractivity contribution >= 4 is 5.96 Å². The van der Waals surface area contributed by atoms with Crippen molar-refractivity contribution in [2.24, 2.45) is 10.9 Å². The van der Waals surface area contributed by atoms with E-state index in [1.54, 1.807) is 14.2 Å². The highest BCUT2D eigenvalue weighted by Gasteiger charge is 2.25. The topological polar surface area (TPSA) is 55.3 Å². The van der Waals surface area contributed by atoms with Crippen molar-refractivity contribution in [1.82, 2.24) is 10.2 Å². The number of rotatable bonds is 9. The zero-order chi connectivity index (χ0) is 18.8. The summed E-state index contributed by atoms with van der Waals surface area (Å²) in [5.41, 5.74) is 1.21. The van der Waals surface area contributed by atoms with Crippen LogP contribution in [0.5, 0.6) is 5.75 Å². The van der Waals surface area contributed by atoms with Crippen molar-refractivity contribution in [2.45, 2.75) is 19.3 Å². The Morgan fingerprint density at radius 1 is 1.31 bits per heavy atom. The summed E-state index contributed by atoms with van der Waals surface area (Å²) in [6.45, 7) is 7.12. The quantitative estimate of drug-likeness (QED) is 0.415. The summed E-state index contributed by atoms with van der Waals surface area (Å²) in [5, 5.41) is 3.52. The third-order valence-electron chi connectivity index (χ3n) is 4.82. The second-order valence-corrected chi connectivity index (χ2v) is 6.74. The minimum atomic E-state index is 0.332. The maximum Gasteiger partial charge on any atom is 0.193 e. The highest BCUT2D eigenvalue weighted by Crippen LogP contribution is 2.25. The summed E-state index contributed by atoms with van der Waals surface area (Å²) >= 11 is 0. The van der Waals surface area contributed by atoms with Gasteiger partial charge in [-0.3, -0.25) is 4.99 Å². The van der Waals surface area contributed by atoms with Gasteiger partial charge in [-0.15, -0.1) is 0 Å². The number of methoxy groups -OCH3 is 2. The molecule has 2 rings (SSSR count). The second kappa shape index (κ2) is 11.0. The average Bonchev–Trinajstić information content (AvgIpc) is 3.14. The Labute approximate surface area is 157 Å². The molecule has 1 aromatic rings. The zero-order valence-electron chi connectivity index (χ0n) is 16.5. The van der Waals surface area contributed by atoms with Crippen LogP contribution in [0, 0.1) is 5.92 Å². The van der Waals surface area contributed by atoms with Crippen molar-refractivity contribution in [3.8, 4) is 5.75 Å². The molecule has 0 amide bonds. The summed E-state index contributed by atoms with van der Waals surface area (Å²) in [6, 6.07) is 8.19. The Morgan fingerprint density at radius 2 is 2.12 bits per heavy atom. The largest absolute Gasteiger partial charge is 0.496 e. The molecule has 26 heavy (non-hydrogen) atoms. The standard InChI is InChI=1S/C20H33N3O3/c1-16(18-7-5-6-8-19(18)25-4)13-22-20(21-2)23-10-9-17(14-23)15-26-12-11-24-3/h5-8,16-17H,9-15H2,1-4H3,(H,21,22). The molecule has 2 unspecified atom stereocenters. The third-order valence-corrected chi connectivity index (χ3v) is 4.82. The lowest BCUT2D eigenvalue weighted by atomic mass is 10.0. The van der Waals surface area contributed by atoms with Gasteiger partial charge in [0.2, 0.25) is 0 Å². The van der Waals surface area contributed by atoms with Crippen molar-refractivity contribution in [1.29, 1.82) is 0 Å². The Hall–Kier alpha value is -1.79. The summed E-state index contributed by atoms with van der Waals surface area (Å²) in [4.78, 5) is 6.78. The fraction of sp³-hybridized carbons (Fsp3) is 0.650. The minimum absolute atomic E-state index is 0.332. The number of para-hydroxylation sites is 1. The molecule has 1 heterocycles. The molecule has 0 spiro atoms. The maximum absolute atomic E-state index is 5.68. The van der Waals surface area contributed by atoms with Crippen LogP contribution in [0.4, 0.5) is 0 Å². The number of aliphatic imine (C=N–C) groups is 1. The molecule has 0 saturated carbocycles. The molecule has 1 saturated heterocycles. The smallest absolute Gasteiger partial charge is 0.193 e. The van der Waals surface area contributed by atoms with E-state index in [4.69, 9.17) is 14.2 Å². The van der Waals surface area contributed by atoms with Crippen LogP contribution in [0.2, 0.25) is 0 Å². The van der Waals surface area contributed by atoms with Crippen LogP contribution in [-0.2, 0) is 9.47 Å². The Morgan fingerprint density at radius 3 is 2.85 bits per heavy atom. The van der Waals surface area contributed by atoms with E-state index in [-0.39, 0.29) is 0 Å². The maximum atomic E-state index is 5.68. The molecular weight excluding hydrogens is 330 g/mol. The molecule has 0 aliphatic carbocycles. The van der Waals surface area contributed by atoms with Crippen LogP contribution < -0.4 is 10.1 Å². The van der Waals surface area contributed by atoms with Gasteiger partial charge in [0, 0.05) is 45.6 Å². The van der Waals surface area contributed by atoms with Gasteiger partial charge in [-0.25, -0.2) is 0 Å². The predicted octanol–water partition coefficient (Wildman–Crippen LogP) is 2.36. The molecule has 0 bridgehead atoms. The number of benzene rings is 1. The van der Waals surface area contributed by atoms with Crippen LogP contribution in [0.15, 0.2) is 29.3 Å². The van der Waals surface area contributed by atoms with Crippen molar-refractivity contribution < 1.29 is 14.2 Å². The number of nitrogens with zero attached hydrogens (tertiary/aromatic N) is 2. The van der Waals surface area contributed by atoms with Gasteiger partial charge >= 0.3 is 0 Å². The first-order valence-corrected chi connectivity index (χ1v) is 9.34. The summed E-state index contributed by atoms with van der Waals surface area (Å²) in [7, 11) is 5.26. The fourth-order valence-corrected chi connectivity index (χ4v) is 3.31. The van der Waals surface area contributed by atoms with Gasteiger partial charge in [0.1, 0.15) is 5.75 Å². The number of hydrogen-bond acceptors (Lipinski definition) is 4. The van der Waals surface area contributed by atoms with Crippen molar-refractivity contribution in [2.75, 3.05) is 60.7 Å². The van der Waals surface area contributed by atoms with Crippen LogP contribution in [0.3, 0.4) is 0 Å². The number of guanidine groups is 1. The first-order chi connectivity index (χ1) is 12.7. The highest BCUT2D eigenvalue weighted by atomic mass is 16.5. The molecular formula is C20H33N3O3. The van der Waals surface area contributed by atoms with Gasteiger partial charge < -0.3 is 24.4 Å². The summed E-state index contributed by atoms with van der Waals surface area (Å²) < 4.78 is 16.2. The molecule has 1 aliphatic rings. The third kappa shape index (κ3) is 5.88. The molecule has 2 atom stereocenters. The Bertz CT molecular complexity index is 565. The molecule has 1 fully saturated rings. The molecule has 6 nitrogen and oxygen atoms in total. The van der Waals surface area contributed by atoms with Crippen LogP contribution in [0.1, 0.15) is 24.8 Å². The highest BCUT2D eigenvalue weighted by molar-refractivity contribution is 5.80. The van der Waals surface area contributed by atoms with Crippen molar-refractivity contribution in [3.63, 3.8) is 0 Å². The first kappa shape index (κ1) is 20.5. The number of likely N-dealkylation sites (tertiary alicyclic amines) is 1. The van der Waals surface area contributed by atoms with E-state index in [1.165, 1.54) is 5.56 Å². The van der Waals surface area contributed by atoms with E-state index in [1.807, 2.05) is 19.2 Å². The number of nitrogens with one attached hydrogen (secondary N) is 1. The van der Waals surface area contributed by atoms with Gasteiger partial charge in [0.05, 0.1) is 26.9 Å². The van der Waals surface area contributed by atoms with Crippen LogP contribution in [0.25, 0.3) is 0 Å². The average molecular weight is 364 g/mol.